The molecule has 0 spiro atoms. The normalized spacial score (nSPS) is 12.5. The summed E-state index contributed by atoms with van der Waals surface area (Å²) >= 11 is 10.6. The van der Waals surface area contributed by atoms with Crippen LogP contribution in [-0.2, 0) is 19.1 Å². The van der Waals surface area contributed by atoms with Crippen LogP contribution in [0.5, 0.6) is 0 Å². The number of rotatable bonds is 12. The van der Waals surface area contributed by atoms with Crippen LogP contribution >= 0.6 is 23.2 Å². The molecular weight excluding hydrogens is 847 g/mol. The highest BCUT2D eigenvalue weighted by Crippen LogP contribution is 2.32. The maximum Gasteiger partial charge on any atom is 0.350 e. The first-order valence-electron chi connectivity index (χ1n) is 15.9. The Morgan fingerprint density at radius 3 is 0.933 bits per heavy atom. The predicted molar refractivity (Wildman–Crippen MR) is 194 cm³/mol. The largest absolute Gasteiger partial charge is 0.478 e. The Labute approximate surface area is 341 Å². The Bertz CT molecular complexity index is 2480. The number of carbonyl (C=O) groups is 12. The van der Waals surface area contributed by atoms with Gasteiger partial charge in [0, 0.05) is 22.3 Å². The van der Waals surface area contributed by atoms with E-state index in [1.807, 2.05) is 0 Å². The van der Waals surface area contributed by atoms with E-state index < -0.39 is 142 Å². The molecule has 0 saturated carbocycles. The lowest BCUT2D eigenvalue weighted by atomic mass is 9.90. The van der Waals surface area contributed by atoms with Gasteiger partial charge in [-0.2, -0.15) is 0 Å². The molecule has 0 aliphatic carbocycles. The van der Waals surface area contributed by atoms with Crippen LogP contribution in [0.1, 0.15) is 121 Å². The Balaban J connectivity index is 0.000000778. The molecule has 5 rings (SSSR count). The van der Waals surface area contributed by atoms with E-state index in [2.05, 4.69) is 4.74 Å². The van der Waals surface area contributed by atoms with E-state index in [1.165, 1.54) is 0 Å². The smallest absolute Gasteiger partial charge is 0.350 e. The van der Waals surface area contributed by atoms with Crippen molar-refractivity contribution in [2.75, 3.05) is 0 Å². The molecule has 0 radical (unpaired) electrons. The fourth-order valence-corrected chi connectivity index (χ4v) is 5.82. The fraction of sp³-hybridized carbons (Fsp3) is 0.0526. The molecule has 6 N–H and O–H groups in total. The summed E-state index contributed by atoms with van der Waals surface area (Å²) in [6.45, 7) is 0. The van der Waals surface area contributed by atoms with Gasteiger partial charge in [0.05, 0.1) is 50.9 Å². The van der Waals surface area contributed by atoms with E-state index in [4.69, 9.17) is 27.9 Å². The molecule has 1 aliphatic heterocycles. The van der Waals surface area contributed by atoms with E-state index >= 15 is 0 Å². The molecule has 1 aliphatic rings. The highest BCUT2D eigenvalue weighted by Gasteiger charge is 2.46. The van der Waals surface area contributed by atoms with Gasteiger partial charge in [-0.15, -0.1) is 0 Å². The zero-order chi connectivity index (χ0) is 45.0. The second kappa shape index (κ2) is 17.6. The van der Waals surface area contributed by atoms with Crippen molar-refractivity contribution in [1.82, 2.24) is 0 Å². The van der Waals surface area contributed by atoms with Crippen molar-refractivity contribution in [1.29, 1.82) is 0 Å². The summed E-state index contributed by atoms with van der Waals surface area (Å²) in [5.74, 6) is -19.2. The number of ether oxygens (including phenoxy) is 2. The quantitative estimate of drug-likeness (QED) is 0.0507. The molecule has 60 heavy (non-hydrogen) atoms. The fourth-order valence-electron chi connectivity index (χ4n) is 5.52. The molecule has 1 saturated heterocycles. The van der Waals surface area contributed by atoms with Gasteiger partial charge in [0.1, 0.15) is 0 Å². The van der Waals surface area contributed by atoms with Gasteiger partial charge >= 0.3 is 59.7 Å². The second-order valence-corrected chi connectivity index (χ2v) is 13.2. The maximum atomic E-state index is 13.7. The summed E-state index contributed by atoms with van der Waals surface area (Å²) in [6.07, 6.45) is -0.255. The lowest BCUT2D eigenvalue weighted by Crippen LogP contribution is -2.24. The summed E-state index contributed by atoms with van der Waals surface area (Å²) in [5, 5.41) is 57.9. The second-order valence-electron chi connectivity index (χ2n) is 11.7. The van der Waals surface area contributed by atoms with Crippen LogP contribution in [0.15, 0.2) is 72.8 Å². The molecule has 306 valence electrons. The van der Waals surface area contributed by atoms with E-state index in [0.717, 1.165) is 72.8 Å². The zero-order valence-corrected chi connectivity index (χ0v) is 30.8. The number of carbonyl (C=O) groups excluding carboxylic acids is 6. The van der Waals surface area contributed by atoms with E-state index in [0.29, 0.717) is 0 Å². The van der Waals surface area contributed by atoms with Crippen molar-refractivity contribution in [2.24, 2.45) is 0 Å². The van der Waals surface area contributed by atoms with Crippen molar-refractivity contribution in [3.05, 3.63) is 140 Å². The number of carboxylic acid groups (broad SMARTS) is 6. The Morgan fingerprint density at radius 1 is 0.450 bits per heavy atom. The Morgan fingerprint density at radius 2 is 0.717 bits per heavy atom. The molecule has 0 aromatic heterocycles. The first-order chi connectivity index (χ1) is 28.0. The van der Waals surface area contributed by atoms with Crippen molar-refractivity contribution >= 4 is 94.5 Å². The van der Waals surface area contributed by atoms with Crippen LogP contribution in [-0.4, -0.2) is 106 Å². The summed E-state index contributed by atoms with van der Waals surface area (Å²) < 4.78 is 7.20. The molecular formula is C38H20Cl2O20. The van der Waals surface area contributed by atoms with Crippen molar-refractivity contribution in [2.45, 2.75) is 10.8 Å². The lowest BCUT2D eigenvalue weighted by Gasteiger charge is -2.15. The molecule has 0 unspecified atom stereocenters. The third-order valence-corrected chi connectivity index (χ3v) is 8.63. The number of carboxylic acids is 6. The summed E-state index contributed by atoms with van der Waals surface area (Å²) in [6, 6.07) is 10.6. The minimum atomic E-state index is -1.93. The predicted octanol–water partition coefficient (Wildman–Crippen LogP) is 3.97. The van der Waals surface area contributed by atoms with Gasteiger partial charge in [0.25, 0.3) is 0 Å². The molecule has 0 atom stereocenters. The topological polar surface area (TPSA) is 345 Å². The number of esters is 4. The summed E-state index contributed by atoms with van der Waals surface area (Å²) in [5.41, 5.74) is -11.4. The van der Waals surface area contributed by atoms with Gasteiger partial charge in [-0.1, -0.05) is 71.7 Å². The van der Waals surface area contributed by atoms with E-state index in [-0.39, 0.29) is 6.42 Å². The number of cyclic esters (lactones) is 2. The summed E-state index contributed by atoms with van der Waals surface area (Å²) in [4.78, 5) is 147. The van der Waals surface area contributed by atoms with Crippen molar-refractivity contribution in [3.63, 3.8) is 0 Å². The number of aromatic carboxylic acids is 6. The van der Waals surface area contributed by atoms with E-state index in [9.17, 15) is 88.2 Å². The number of hydrogen-bond acceptors (Lipinski definition) is 14. The number of hydrogen-bond donors (Lipinski definition) is 6. The monoisotopic (exact) mass is 866 g/mol. The van der Waals surface area contributed by atoms with Gasteiger partial charge in [-0.25, -0.2) is 43.2 Å². The summed E-state index contributed by atoms with van der Waals surface area (Å²) in [7, 11) is 0. The standard InChI is InChI=1S/C34H18O17.C4H2Cl2O3/c35-25(13-5-1-9-17(27(37)38)21(13)31(45)46)15-7-3-11-19(29(41)42)23(15)33(49)51-34(50)24-16(8-4-12-20(24)30(43)44)26(36)14-6-2-10-18(28(39)40)22(14)32(47)48;5-4(6)1-2(7)9-3(4)8/h1-12H,(H,37,38)(H,39,40)(H,41,42)(H,43,44)(H,45,46)(H,47,48);1H2. The highest BCUT2D eigenvalue weighted by atomic mass is 35.5. The molecule has 20 nitrogen and oxygen atoms in total. The van der Waals surface area contributed by atoms with Crippen molar-refractivity contribution < 1.29 is 97.6 Å². The first kappa shape index (κ1) is 44.6. The molecule has 4 aromatic rings. The van der Waals surface area contributed by atoms with E-state index in [1.54, 1.807) is 0 Å². The lowest BCUT2D eigenvalue weighted by molar-refractivity contribution is -0.152. The van der Waals surface area contributed by atoms with Crippen LogP contribution in [0, 0.1) is 0 Å². The number of halogens is 2. The van der Waals surface area contributed by atoms with Crippen molar-refractivity contribution in [3.8, 4) is 0 Å². The molecule has 0 amide bonds. The SMILES string of the molecule is O=C(O)c1cccc(C(=O)c2cccc(C(=O)O)c2C(=O)OC(=O)c2c(C(=O)O)cccc2C(=O)c2cccc(C(=O)O)c2C(=O)O)c1C(=O)O.O=C1CC(Cl)(Cl)C(=O)O1. The van der Waals surface area contributed by atoms with Gasteiger partial charge in [0.2, 0.25) is 4.33 Å². The average molecular weight is 867 g/mol. The number of benzene rings is 4. The number of ketones is 2. The van der Waals surface area contributed by atoms with Gasteiger partial charge in [-0.3, -0.25) is 14.4 Å². The van der Waals surface area contributed by atoms with Crippen LogP contribution in [0.25, 0.3) is 0 Å². The van der Waals surface area contributed by atoms with Gasteiger partial charge in [0.15, 0.2) is 11.6 Å². The van der Waals surface area contributed by atoms with Gasteiger partial charge < -0.3 is 40.1 Å². The zero-order valence-electron chi connectivity index (χ0n) is 29.3. The van der Waals surface area contributed by atoms with Crippen LogP contribution in [0.2, 0.25) is 0 Å². The first-order valence-corrected chi connectivity index (χ1v) is 16.7. The van der Waals surface area contributed by atoms with Crippen LogP contribution in [0.3, 0.4) is 0 Å². The molecule has 1 heterocycles. The minimum Gasteiger partial charge on any atom is -0.478 e. The molecule has 0 bridgehead atoms. The third kappa shape index (κ3) is 9.04. The Hall–Kier alpha value is -8.10. The maximum absolute atomic E-state index is 13.7. The third-order valence-electron chi connectivity index (χ3n) is 8.05. The van der Waals surface area contributed by atoms with Gasteiger partial charge in [-0.05, 0) is 24.3 Å². The Kier molecular flexibility index (Phi) is 13.1. The van der Waals surface area contributed by atoms with Crippen LogP contribution < -0.4 is 0 Å². The molecule has 4 aromatic carbocycles. The minimum absolute atomic E-state index is 0.255. The average Bonchev–Trinajstić information content (AvgIpc) is 3.43. The highest BCUT2D eigenvalue weighted by molar-refractivity contribution is 6.59. The number of alkyl halides is 2. The van der Waals surface area contributed by atoms with Crippen LogP contribution in [0.4, 0.5) is 0 Å². The molecule has 22 heteroatoms. The molecule has 1 fully saturated rings.